The first kappa shape index (κ1) is 12.0. The summed E-state index contributed by atoms with van der Waals surface area (Å²) in [5.74, 6) is 0.143. The maximum atomic E-state index is 11.9. The van der Waals surface area contributed by atoms with E-state index in [1.807, 2.05) is 25.8 Å². The van der Waals surface area contributed by atoms with Crippen molar-refractivity contribution in [1.29, 1.82) is 0 Å². The highest BCUT2D eigenvalue weighted by Gasteiger charge is 2.31. The van der Waals surface area contributed by atoms with Gasteiger partial charge in [0.05, 0.1) is 4.32 Å². The summed E-state index contributed by atoms with van der Waals surface area (Å²) in [5.41, 5.74) is 0. The molecular formula is C10H18BrNO2. The second-order valence-corrected chi connectivity index (χ2v) is 6.21. The number of carbonyl (C=O) groups is 1. The van der Waals surface area contributed by atoms with Crippen molar-refractivity contribution >= 4 is 21.8 Å². The van der Waals surface area contributed by atoms with Crippen LogP contribution in [0.25, 0.3) is 0 Å². The highest BCUT2D eigenvalue weighted by molar-refractivity contribution is 9.10. The van der Waals surface area contributed by atoms with Gasteiger partial charge in [0.1, 0.15) is 0 Å². The summed E-state index contributed by atoms with van der Waals surface area (Å²) < 4.78 is 4.81. The Hall–Kier alpha value is -0.0900. The Balaban J connectivity index is 2.55. The predicted molar refractivity (Wildman–Crippen MR) is 59.6 cm³/mol. The third-order valence-electron chi connectivity index (χ3n) is 2.57. The molecule has 1 saturated heterocycles. The second kappa shape index (κ2) is 4.62. The summed E-state index contributed by atoms with van der Waals surface area (Å²) in [5, 5.41) is 0. The Kier molecular flexibility index (Phi) is 3.95. The lowest BCUT2D eigenvalue weighted by Gasteiger charge is -2.34. The van der Waals surface area contributed by atoms with Gasteiger partial charge in [0.25, 0.3) is 0 Å². The molecular weight excluding hydrogens is 246 g/mol. The highest BCUT2D eigenvalue weighted by atomic mass is 79.9. The molecule has 1 fully saturated rings. The van der Waals surface area contributed by atoms with Crippen LogP contribution in [-0.4, -0.2) is 41.4 Å². The van der Waals surface area contributed by atoms with Crippen LogP contribution in [-0.2, 0) is 9.53 Å². The first-order valence-electron chi connectivity index (χ1n) is 4.97. The van der Waals surface area contributed by atoms with Crippen molar-refractivity contribution in [2.75, 3.05) is 20.3 Å². The lowest BCUT2D eigenvalue weighted by Crippen LogP contribution is -2.46. The summed E-state index contributed by atoms with van der Waals surface area (Å²) in [6, 6.07) is 0.341. The lowest BCUT2D eigenvalue weighted by atomic mass is 10.1. The van der Waals surface area contributed by atoms with Crippen molar-refractivity contribution in [3.8, 4) is 0 Å². The summed E-state index contributed by atoms with van der Waals surface area (Å²) in [4.78, 5) is 13.7. The van der Waals surface area contributed by atoms with Gasteiger partial charge in [-0.2, -0.15) is 0 Å². The van der Waals surface area contributed by atoms with Crippen LogP contribution in [0.2, 0.25) is 0 Å². The molecule has 1 aliphatic rings. The van der Waals surface area contributed by atoms with Gasteiger partial charge in [-0.1, -0.05) is 15.9 Å². The van der Waals surface area contributed by atoms with Gasteiger partial charge in [0.15, 0.2) is 0 Å². The summed E-state index contributed by atoms with van der Waals surface area (Å²) in [6.07, 6.45) is 1.90. The van der Waals surface area contributed by atoms with Gasteiger partial charge in [0, 0.05) is 26.3 Å². The van der Waals surface area contributed by atoms with Gasteiger partial charge in [-0.05, 0) is 26.7 Å². The molecule has 4 heteroatoms. The molecule has 0 aromatic heterocycles. The fraction of sp³-hybridized carbons (Fsp3) is 0.900. The Morgan fingerprint density at radius 1 is 1.43 bits per heavy atom. The number of amides is 1. The van der Waals surface area contributed by atoms with Crippen LogP contribution in [0.3, 0.4) is 0 Å². The van der Waals surface area contributed by atoms with Crippen molar-refractivity contribution in [2.45, 2.75) is 37.1 Å². The minimum atomic E-state index is -0.458. The molecule has 0 aromatic carbocycles. The molecule has 0 atom stereocenters. The molecule has 0 unspecified atom stereocenters. The van der Waals surface area contributed by atoms with Gasteiger partial charge >= 0.3 is 0 Å². The van der Waals surface area contributed by atoms with E-state index in [0.717, 1.165) is 26.1 Å². The van der Waals surface area contributed by atoms with E-state index in [1.54, 1.807) is 0 Å². The number of ether oxygens (including phenoxy) is 1. The molecule has 1 heterocycles. The van der Waals surface area contributed by atoms with E-state index in [4.69, 9.17) is 4.74 Å². The van der Waals surface area contributed by atoms with Crippen LogP contribution >= 0.6 is 15.9 Å². The SMILES string of the molecule is CN(C(=O)C(C)(C)Br)C1CCOCC1. The minimum absolute atomic E-state index is 0.143. The molecule has 0 radical (unpaired) electrons. The molecule has 14 heavy (non-hydrogen) atoms. The van der Waals surface area contributed by atoms with Gasteiger partial charge in [-0.3, -0.25) is 4.79 Å². The largest absolute Gasteiger partial charge is 0.381 e. The van der Waals surface area contributed by atoms with E-state index >= 15 is 0 Å². The van der Waals surface area contributed by atoms with Crippen LogP contribution < -0.4 is 0 Å². The maximum absolute atomic E-state index is 11.9. The lowest BCUT2D eigenvalue weighted by molar-refractivity contribution is -0.135. The van der Waals surface area contributed by atoms with E-state index < -0.39 is 4.32 Å². The maximum Gasteiger partial charge on any atom is 0.238 e. The monoisotopic (exact) mass is 263 g/mol. The third-order valence-corrected chi connectivity index (χ3v) is 2.91. The molecule has 0 spiro atoms. The quantitative estimate of drug-likeness (QED) is 0.712. The number of hydrogen-bond donors (Lipinski definition) is 0. The average molecular weight is 264 g/mol. The Bertz CT molecular complexity index is 207. The highest BCUT2D eigenvalue weighted by Crippen LogP contribution is 2.22. The predicted octanol–water partition coefficient (Wildman–Crippen LogP) is 1.80. The van der Waals surface area contributed by atoms with Crippen molar-refractivity contribution in [1.82, 2.24) is 4.90 Å². The molecule has 0 bridgehead atoms. The zero-order valence-electron chi connectivity index (χ0n) is 9.05. The van der Waals surface area contributed by atoms with Crippen molar-refractivity contribution in [3.63, 3.8) is 0 Å². The molecule has 0 N–H and O–H groups in total. The van der Waals surface area contributed by atoms with Gasteiger partial charge < -0.3 is 9.64 Å². The smallest absolute Gasteiger partial charge is 0.238 e. The van der Waals surface area contributed by atoms with Gasteiger partial charge in [0.2, 0.25) is 5.91 Å². The van der Waals surface area contributed by atoms with E-state index in [2.05, 4.69) is 15.9 Å². The topological polar surface area (TPSA) is 29.5 Å². The second-order valence-electron chi connectivity index (χ2n) is 4.23. The summed E-state index contributed by atoms with van der Waals surface area (Å²) in [7, 11) is 1.88. The van der Waals surface area contributed by atoms with Gasteiger partial charge in [-0.15, -0.1) is 0 Å². The molecule has 0 saturated carbocycles. The summed E-state index contributed by atoms with van der Waals surface area (Å²) >= 11 is 3.39. The average Bonchev–Trinajstić information content (AvgIpc) is 2.15. The van der Waals surface area contributed by atoms with Crippen LogP contribution in [0.4, 0.5) is 0 Å². The van der Waals surface area contributed by atoms with Gasteiger partial charge in [-0.25, -0.2) is 0 Å². The molecule has 0 aliphatic carbocycles. The number of rotatable bonds is 2. The molecule has 82 valence electrons. The van der Waals surface area contributed by atoms with Crippen LogP contribution in [0.1, 0.15) is 26.7 Å². The van der Waals surface area contributed by atoms with E-state index in [9.17, 15) is 4.79 Å². The van der Waals surface area contributed by atoms with E-state index in [0.29, 0.717) is 6.04 Å². The van der Waals surface area contributed by atoms with E-state index in [-0.39, 0.29) is 5.91 Å². The molecule has 3 nitrogen and oxygen atoms in total. The van der Waals surface area contributed by atoms with Crippen LogP contribution in [0, 0.1) is 0 Å². The fourth-order valence-corrected chi connectivity index (χ4v) is 1.94. The Morgan fingerprint density at radius 2 is 1.93 bits per heavy atom. The third kappa shape index (κ3) is 2.95. The van der Waals surface area contributed by atoms with Crippen molar-refractivity contribution < 1.29 is 9.53 Å². The summed E-state index contributed by atoms with van der Waals surface area (Å²) in [6.45, 7) is 5.30. The molecule has 1 aliphatic heterocycles. The Labute approximate surface area is 93.9 Å². The zero-order valence-corrected chi connectivity index (χ0v) is 10.6. The minimum Gasteiger partial charge on any atom is -0.381 e. The number of alkyl halides is 1. The first-order chi connectivity index (χ1) is 6.43. The number of carbonyl (C=O) groups excluding carboxylic acids is 1. The normalized spacial score (nSPS) is 19.4. The van der Waals surface area contributed by atoms with Crippen molar-refractivity contribution in [2.24, 2.45) is 0 Å². The Morgan fingerprint density at radius 3 is 2.36 bits per heavy atom. The molecule has 0 aromatic rings. The number of halogens is 1. The van der Waals surface area contributed by atoms with Crippen molar-refractivity contribution in [3.05, 3.63) is 0 Å². The standard InChI is InChI=1S/C10H18BrNO2/c1-10(2,11)9(13)12(3)8-4-6-14-7-5-8/h8H,4-7H2,1-3H3. The fourth-order valence-electron chi connectivity index (χ4n) is 1.66. The number of hydrogen-bond acceptors (Lipinski definition) is 2. The van der Waals surface area contributed by atoms with Crippen LogP contribution in [0.5, 0.6) is 0 Å². The first-order valence-corrected chi connectivity index (χ1v) is 5.76. The zero-order chi connectivity index (χ0) is 10.8. The number of nitrogens with zero attached hydrogens (tertiary/aromatic N) is 1. The van der Waals surface area contributed by atoms with Crippen LogP contribution in [0.15, 0.2) is 0 Å². The van der Waals surface area contributed by atoms with E-state index in [1.165, 1.54) is 0 Å². The molecule has 1 amide bonds. The molecule has 1 rings (SSSR count).